The summed E-state index contributed by atoms with van der Waals surface area (Å²) in [5.74, 6) is 2.49. The van der Waals surface area contributed by atoms with Gasteiger partial charge in [0, 0.05) is 11.9 Å². The van der Waals surface area contributed by atoms with Crippen LogP contribution in [-0.2, 0) is 0 Å². The summed E-state index contributed by atoms with van der Waals surface area (Å²) in [5, 5.41) is 3.72. The van der Waals surface area contributed by atoms with E-state index in [1.807, 2.05) is 23.8 Å². The van der Waals surface area contributed by atoms with Crippen molar-refractivity contribution in [1.29, 1.82) is 0 Å². The molecule has 0 aliphatic heterocycles. The summed E-state index contributed by atoms with van der Waals surface area (Å²) >= 11 is 1.51. The second kappa shape index (κ2) is 4.68. The van der Waals surface area contributed by atoms with Gasteiger partial charge in [-0.3, -0.25) is 4.79 Å². The van der Waals surface area contributed by atoms with Crippen molar-refractivity contribution < 1.29 is 4.79 Å². The van der Waals surface area contributed by atoms with E-state index in [9.17, 15) is 4.79 Å². The van der Waals surface area contributed by atoms with Gasteiger partial charge >= 0.3 is 0 Å². The second-order valence-electron chi connectivity index (χ2n) is 2.54. The number of hydrogen-bond acceptors (Lipinski definition) is 2. The van der Waals surface area contributed by atoms with E-state index in [1.165, 1.54) is 11.3 Å². The Morgan fingerprint density at radius 2 is 2.54 bits per heavy atom. The zero-order valence-electron chi connectivity index (χ0n) is 7.49. The first-order chi connectivity index (χ1) is 6.29. The monoisotopic (exact) mass is 193 g/mol. The zero-order chi connectivity index (χ0) is 9.68. The molecular formula is C10H11NOS. The number of carbonyl (C=O) groups is 1. The molecule has 0 N–H and O–H groups in total. The number of terminal acetylenes is 1. The number of thiophene rings is 1. The molecule has 0 spiro atoms. The van der Waals surface area contributed by atoms with Gasteiger partial charge in [-0.15, -0.1) is 6.42 Å². The van der Waals surface area contributed by atoms with Gasteiger partial charge in [0.25, 0.3) is 5.91 Å². The maximum absolute atomic E-state index is 11.7. The van der Waals surface area contributed by atoms with Crippen LogP contribution in [0.4, 0.5) is 0 Å². The van der Waals surface area contributed by atoms with Crippen LogP contribution in [-0.4, -0.2) is 23.9 Å². The summed E-state index contributed by atoms with van der Waals surface area (Å²) in [6.07, 6.45) is 5.15. The van der Waals surface area contributed by atoms with Gasteiger partial charge in [-0.1, -0.05) is 5.92 Å². The molecular weight excluding hydrogens is 182 g/mol. The van der Waals surface area contributed by atoms with Gasteiger partial charge in [-0.05, 0) is 18.4 Å². The highest BCUT2D eigenvalue weighted by molar-refractivity contribution is 7.08. The Morgan fingerprint density at radius 3 is 3.00 bits per heavy atom. The Balaban J connectivity index is 2.72. The average molecular weight is 193 g/mol. The largest absolute Gasteiger partial charge is 0.328 e. The van der Waals surface area contributed by atoms with Crippen LogP contribution in [0, 0.1) is 12.3 Å². The summed E-state index contributed by atoms with van der Waals surface area (Å²) in [4.78, 5) is 13.3. The molecule has 1 heterocycles. The van der Waals surface area contributed by atoms with Crippen molar-refractivity contribution in [1.82, 2.24) is 4.90 Å². The molecule has 0 unspecified atom stereocenters. The molecule has 0 radical (unpaired) electrons. The Morgan fingerprint density at radius 1 is 1.77 bits per heavy atom. The summed E-state index contributed by atoms with van der Waals surface area (Å²) in [6.45, 7) is 2.95. The molecule has 1 aromatic heterocycles. The first-order valence-electron chi connectivity index (χ1n) is 4.04. The first kappa shape index (κ1) is 9.82. The van der Waals surface area contributed by atoms with Crippen LogP contribution >= 0.6 is 11.3 Å². The molecule has 1 rings (SSSR count). The minimum atomic E-state index is 0.0155. The third-order valence-electron chi connectivity index (χ3n) is 1.72. The molecule has 68 valence electrons. The van der Waals surface area contributed by atoms with Crippen LogP contribution in [0.3, 0.4) is 0 Å². The molecule has 0 fully saturated rings. The fourth-order valence-electron chi connectivity index (χ4n) is 1.01. The van der Waals surface area contributed by atoms with Gasteiger partial charge in [-0.2, -0.15) is 11.3 Å². The summed E-state index contributed by atoms with van der Waals surface area (Å²) < 4.78 is 0. The molecule has 1 aromatic rings. The number of nitrogens with zero attached hydrogens (tertiary/aromatic N) is 1. The summed E-state index contributed by atoms with van der Waals surface area (Å²) in [7, 11) is 0. The van der Waals surface area contributed by atoms with Crippen molar-refractivity contribution in [3.8, 4) is 12.3 Å². The van der Waals surface area contributed by atoms with E-state index < -0.39 is 0 Å². The molecule has 0 aliphatic rings. The van der Waals surface area contributed by atoms with E-state index in [2.05, 4.69) is 5.92 Å². The normalized spacial score (nSPS) is 9.23. The highest BCUT2D eigenvalue weighted by atomic mass is 32.1. The predicted octanol–water partition coefficient (Wildman–Crippen LogP) is 1.84. The van der Waals surface area contributed by atoms with Crippen LogP contribution in [0.25, 0.3) is 0 Å². The SMILES string of the molecule is C#CCN(CC)C(=O)c1ccsc1. The smallest absolute Gasteiger partial charge is 0.255 e. The topological polar surface area (TPSA) is 20.3 Å². The third kappa shape index (κ3) is 2.33. The van der Waals surface area contributed by atoms with E-state index >= 15 is 0 Å². The summed E-state index contributed by atoms with van der Waals surface area (Å²) in [6, 6.07) is 1.81. The Bertz CT molecular complexity index is 310. The second-order valence-corrected chi connectivity index (χ2v) is 3.32. The minimum Gasteiger partial charge on any atom is -0.328 e. The average Bonchev–Trinajstić information content (AvgIpc) is 2.65. The molecule has 13 heavy (non-hydrogen) atoms. The molecule has 0 aliphatic carbocycles. The van der Waals surface area contributed by atoms with E-state index in [0.29, 0.717) is 13.1 Å². The van der Waals surface area contributed by atoms with E-state index in [0.717, 1.165) is 5.56 Å². The van der Waals surface area contributed by atoms with Crippen LogP contribution in [0.2, 0.25) is 0 Å². The van der Waals surface area contributed by atoms with Gasteiger partial charge in [0.05, 0.1) is 12.1 Å². The van der Waals surface area contributed by atoms with Crippen molar-refractivity contribution in [3.05, 3.63) is 22.4 Å². The maximum Gasteiger partial charge on any atom is 0.255 e. The maximum atomic E-state index is 11.7. The molecule has 0 bridgehead atoms. The number of amides is 1. The standard InChI is InChI=1S/C10H11NOS/c1-3-6-11(4-2)10(12)9-5-7-13-8-9/h1,5,7-8H,4,6H2,2H3. The van der Waals surface area contributed by atoms with Crippen molar-refractivity contribution in [2.24, 2.45) is 0 Å². The predicted molar refractivity (Wildman–Crippen MR) is 54.7 cm³/mol. The van der Waals surface area contributed by atoms with E-state index in [4.69, 9.17) is 6.42 Å². The lowest BCUT2D eigenvalue weighted by Gasteiger charge is -2.16. The fourth-order valence-corrected chi connectivity index (χ4v) is 1.64. The van der Waals surface area contributed by atoms with Gasteiger partial charge in [0.2, 0.25) is 0 Å². The lowest BCUT2D eigenvalue weighted by Crippen LogP contribution is -2.30. The molecule has 0 aromatic carbocycles. The molecule has 0 saturated carbocycles. The number of carbonyl (C=O) groups excluding carboxylic acids is 1. The van der Waals surface area contributed by atoms with Crippen molar-refractivity contribution in [2.45, 2.75) is 6.92 Å². The lowest BCUT2D eigenvalue weighted by atomic mass is 10.3. The Labute approximate surface area is 82.2 Å². The third-order valence-corrected chi connectivity index (χ3v) is 2.40. The highest BCUT2D eigenvalue weighted by Crippen LogP contribution is 2.08. The molecule has 0 saturated heterocycles. The number of rotatable bonds is 3. The lowest BCUT2D eigenvalue weighted by molar-refractivity contribution is 0.0785. The van der Waals surface area contributed by atoms with E-state index in [1.54, 1.807) is 4.90 Å². The molecule has 2 nitrogen and oxygen atoms in total. The quantitative estimate of drug-likeness (QED) is 0.671. The first-order valence-corrected chi connectivity index (χ1v) is 4.98. The summed E-state index contributed by atoms with van der Waals surface area (Å²) in [5.41, 5.74) is 0.724. The Hall–Kier alpha value is -1.27. The van der Waals surface area contributed by atoms with Crippen molar-refractivity contribution in [2.75, 3.05) is 13.1 Å². The molecule has 0 atom stereocenters. The van der Waals surface area contributed by atoms with Gasteiger partial charge in [0.1, 0.15) is 0 Å². The van der Waals surface area contributed by atoms with Crippen LogP contribution in [0.15, 0.2) is 16.8 Å². The minimum absolute atomic E-state index is 0.0155. The Kier molecular flexibility index (Phi) is 3.53. The van der Waals surface area contributed by atoms with E-state index in [-0.39, 0.29) is 5.91 Å². The van der Waals surface area contributed by atoms with Crippen molar-refractivity contribution in [3.63, 3.8) is 0 Å². The highest BCUT2D eigenvalue weighted by Gasteiger charge is 2.12. The number of hydrogen-bond donors (Lipinski definition) is 0. The van der Waals surface area contributed by atoms with Crippen LogP contribution < -0.4 is 0 Å². The zero-order valence-corrected chi connectivity index (χ0v) is 8.30. The molecule has 1 amide bonds. The van der Waals surface area contributed by atoms with Crippen molar-refractivity contribution >= 4 is 17.2 Å². The van der Waals surface area contributed by atoms with Gasteiger partial charge in [-0.25, -0.2) is 0 Å². The fraction of sp³-hybridized carbons (Fsp3) is 0.300. The van der Waals surface area contributed by atoms with Crippen LogP contribution in [0.5, 0.6) is 0 Å². The van der Waals surface area contributed by atoms with Gasteiger partial charge < -0.3 is 4.90 Å². The molecule has 3 heteroatoms. The van der Waals surface area contributed by atoms with Crippen LogP contribution in [0.1, 0.15) is 17.3 Å². The van der Waals surface area contributed by atoms with Gasteiger partial charge in [0.15, 0.2) is 0 Å².